The Kier molecular flexibility index (Phi) is 1.63. The van der Waals surface area contributed by atoms with Gasteiger partial charge >= 0.3 is 0 Å². The maximum atomic E-state index is 10.9. The van der Waals surface area contributed by atoms with E-state index < -0.39 is 5.91 Å². The third-order valence-electron chi connectivity index (χ3n) is 1.64. The highest BCUT2D eigenvalue weighted by Crippen LogP contribution is 2.09. The van der Waals surface area contributed by atoms with Crippen LogP contribution in [-0.2, 0) is 0 Å². The molecule has 13 heavy (non-hydrogen) atoms. The molecule has 0 unspecified atom stereocenters. The minimum Gasteiger partial charge on any atom is -0.366 e. The molecule has 2 aromatic heterocycles. The molecule has 0 aliphatic carbocycles. The molecule has 2 aromatic rings. The molecule has 0 aliphatic rings. The molecule has 0 aliphatic heterocycles. The van der Waals surface area contributed by atoms with Crippen LogP contribution >= 0.6 is 0 Å². The van der Waals surface area contributed by atoms with Crippen LogP contribution in [-0.4, -0.2) is 20.9 Å². The fourth-order valence-electron chi connectivity index (χ4n) is 1.08. The monoisotopic (exact) mass is 174 g/mol. The second-order valence-corrected chi connectivity index (χ2v) is 2.45. The van der Waals surface area contributed by atoms with Crippen LogP contribution in [0.3, 0.4) is 0 Å². The second kappa shape index (κ2) is 2.78. The molecule has 0 bridgehead atoms. The molecule has 0 spiro atoms. The quantitative estimate of drug-likeness (QED) is 0.665. The number of hydrogen-bond acceptors (Lipinski definition) is 4. The average Bonchev–Trinajstić information content (AvgIpc) is 2.17. The van der Waals surface area contributed by atoms with Crippen LogP contribution in [0.4, 0.5) is 0 Å². The highest BCUT2D eigenvalue weighted by Gasteiger charge is 2.07. The van der Waals surface area contributed by atoms with Gasteiger partial charge in [0.05, 0.1) is 5.56 Å². The van der Waals surface area contributed by atoms with Crippen LogP contribution in [0.25, 0.3) is 11.2 Å². The molecule has 0 atom stereocenters. The van der Waals surface area contributed by atoms with Crippen molar-refractivity contribution in [2.45, 2.75) is 0 Å². The fraction of sp³-hybridized carbons (Fsp3) is 0. The van der Waals surface area contributed by atoms with Crippen LogP contribution in [0.5, 0.6) is 0 Å². The molecule has 2 rings (SSSR count). The number of rotatable bonds is 1. The second-order valence-electron chi connectivity index (χ2n) is 2.45. The summed E-state index contributed by atoms with van der Waals surface area (Å²) in [6.45, 7) is 0. The van der Waals surface area contributed by atoms with Crippen molar-refractivity contribution in [1.82, 2.24) is 15.0 Å². The third kappa shape index (κ3) is 1.20. The Morgan fingerprint density at radius 1 is 1.15 bits per heavy atom. The summed E-state index contributed by atoms with van der Waals surface area (Å²) in [6.07, 6.45) is 4.49. The van der Waals surface area contributed by atoms with E-state index in [1.54, 1.807) is 0 Å². The van der Waals surface area contributed by atoms with Gasteiger partial charge in [-0.1, -0.05) is 0 Å². The maximum Gasteiger partial charge on any atom is 0.251 e. The van der Waals surface area contributed by atoms with Crippen molar-refractivity contribution in [2.75, 3.05) is 0 Å². The number of nitrogens with zero attached hydrogens (tertiary/aromatic N) is 3. The number of nitrogens with two attached hydrogens (primary N) is 1. The molecule has 0 radical (unpaired) electrons. The Balaban J connectivity index is 2.83. The van der Waals surface area contributed by atoms with Gasteiger partial charge in [-0.3, -0.25) is 9.78 Å². The van der Waals surface area contributed by atoms with Crippen LogP contribution in [0.2, 0.25) is 0 Å². The van der Waals surface area contributed by atoms with Gasteiger partial charge in [0.1, 0.15) is 5.52 Å². The van der Waals surface area contributed by atoms with Crippen LogP contribution in [0, 0.1) is 0 Å². The summed E-state index contributed by atoms with van der Waals surface area (Å²) >= 11 is 0. The Bertz CT molecular complexity index is 463. The van der Waals surface area contributed by atoms with Crippen molar-refractivity contribution in [1.29, 1.82) is 0 Å². The Morgan fingerprint density at radius 2 is 1.85 bits per heavy atom. The molecule has 2 N–H and O–H groups in total. The Labute approximate surface area is 73.6 Å². The first-order chi connectivity index (χ1) is 6.29. The zero-order valence-corrected chi connectivity index (χ0v) is 6.64. The highest BCUT2D eigenvalue weighted by molar-refractivity contribution is 6.02. The summed E-state index contributed by atoms with van der Waals surface area (Å²) in [7, 11) is 0. The molecule has 5 heteroatoms. The standard InChI is InChI=1S/C8H6N4O/c9-7(13)5-1-2-11-8-6(5)10-3-4-12-8/h1-4H,(H2,9,13). The lowest BCUT2D eigenvalue weighted by Gasteiger charge is -1.98. The highest BCUT2D eigenvalue weighted by atomic mass is 16.1. The molecule has 64 valence electrons. The van der Waals surface area contributed by atoms with E-state index in [2.05, 4.69) is 15.0 Å². The predicted octanol–water partition coefficient (Wildman–Crippen LogP) is 0.124. The van der Waals surface area contributed by atoms with E-state index in [0.717, 1.165) is 0 Å². The Hall–Kier alpha value is -2.04. The number of carbonyl (C=O) groups is 1. The SMILES string of the molecule is NC(=O)c1ccnc2nccnc12. The Morgan fingerprint density at radius 3 is 2.62 bits per heavy atom. The smallest absolute Gasteiger partial charge is 0.251 e. The summed E-state index contributed by atoms with van der Waals surface area (Å²) in [5, 5.41) is 0. The van der Waals surface area contributed by atoms with Gasteiger partial charge in [-0.05, 0) is 6.07 Å². The minimum atomic E-state index is -0.520. The first-order valence-corrected chi connectivity index (χ1v) is 3.64. The van der Waals surface area contributed by atoms with Gasteiger partial charge in [-0.25, -0.2) is 9.97 Å². The molecular weight excluding hydrogens is 168 g/mol. The molecule has 0 saturated heterocycles. The van der Waals surface area contributed by atoms with E-state index in [4.69, 9.17) is 5.73 Å². The van der Waals surface area contributed by atoms with Gasteiger partial charge in [-0.15, -0.1) is 0 Å². The average molecular weight is 174 g/mol. The zero-order chi connectivity index (χ0) is 9.26. The molecule has 0 fully saturated rings. The van der Waals surface area contributed by atoms with E-state index in [-0.39, 0.29) is 0 Å². The van der Waals surface area contributed by atoms with Crippen molar-refractivity contribution in [2.24, 2.45) is 5.73 Å². The zero-order valence-electron chi connectivity index (χ0n) is 6.64. The van der Waals surface area contributed by atoms with Crippen molar-refractivity contribution in [3.63, 3.8) is 0 Å². The first kappa shape index (κ1) is 7.60. The lowest BCUT2D eigenvalue weighted by molar-refractivity contribution is 0.100. The van der Waals surface area contributed by atoms with Gasteiger partial charge in [0.15, 0.2) is 5.65 Å². The molecule has 2 heterocycles. The maximum absolute atomic E-state index is 10.9. The van der Waals surface area contributed by atoms with Gasteiger partial charge in [0, 0.05) is 18.6 Å². The molecule has 5 nitrogen and oxygen atoms in total. The summed E-state index contributed by atoms with van der Waals surface area (Å²) in [4.78, 5) is 22.8. The van der Waals surface area contributed by atoms with E-state index >= 15 is 0 Å². The van der Waals surface area contributed by atoms with Crippen LogP contribution in [0.1, 0.15) is 10.4 Å². The summed E-state index contributed by atoms with van der Waals surface area (Å²) in [5.74, 6) is -0.520. The lowest BCUT2D eigenvalue weighted by atomic mass is 10.2. The number of fused-ring (bicyclic) bond motifs is 1. The number of primary amides is 1. The lowest BCUT2D eigenvalue weighted by Crippen LogP contribution is -2.12. The van der Waals surface area contributed by atoms with Crippen LogP contribution < -0.4 is 5.73 Å². The molecule has 1 amide bonds. The molecule has 0 aromatic carbocycles. The molecule has 0 saturated carbocycles. The van der Waals surface area contributed by atoms with Gasteiger partial charge < -0.3 is 5.73 Å². The number of hydrogen-bond donors (Lipinski definition) is 1. The fourth-order valence-corrected chi connectivity index (χ4v) is 1.08. The topological polar surface area (TPSA) is 81.8 Å². The van der Waals surface area contributed by atoms with Crippen molar-refractivity contribution < 1.29 is 4.79 Å². The number of pyridine rings is 1. The van der Waals surface area contributed by atoms with E-state index in [0.29, 0.717) is 16.7 Å². The van der Waals surface area contributed by atoms with E-state index in [1.165, 1.54) is 24.7 Å². The van der Waals surface area contributed by atoms with E-state index in [9.17, 15) is 4.79 Å². The first-order valence-electron chi connectivity index (χ1n) is 3.64. The largest absolute Gasteiger partial charge is 0.366 e. The number of amides is 1. The van der Waals surface area contributed by atoms with E-state index in [1.807, 2.05) is 0 Å². The van der Waals surface area contributed by atoms with Gasteiger partial charge in [0.2, 0.25) is 0 Å². The number of carbonyl (C=O) groups excluding carboxylic acids is 1. The molecular formula is C8H6N4O. The summed E-state index contributed by atoms with van der Waals surface area (Å²) in [5.41, 5.74) is 6.36. The van der Waals surface area contributed by atoms with Crippen molar-refractivity contribution >= 4 is 17.1 Å². The minimum absolute atomic E-state index is 0.345. The number of aromatic nitrogens is 3. The summed E-state index contributed by atoms with van der Waals surface area (Å²) < 4.78 is 0. The normalized spacial score (nSPS) is 10.2. The van der Waals surface area contributed by atoms with Gasteiger partial charge in [-0.2, -0.15) is 0 Å². The van der Waals surface area contributed by atoms with Crippen molar-refractivity contribution in [3.8, 4) is 0 Å². The van der Waals surface area contributed by atoms with Crippen LogP contribution in [0.15, 0.2) is 24.7 Å². The van der Waals surface area contributed by atoms with Crippen molar-refractivity contribution in [3.05, 3.63) is 30.2 Å². The third-order valence-corrected chi connectivity index (χ3v) is 1.64. The predicted molar refractivity (Wildman–Crippen MR) is 45.9 cm³/mol. The van der Waals surface area contributed by atoms with Gasteiger partial charge in [0.25, 0.3) is 5.91 Å². The summed E-state index contributed by atoms with van der Waals surface area (Å²) in [6, 6.07) is 1.53.